The molecule has 0 aliphatic rings. The van der Waals surface area contributed by atoms with Gasteiger partial charge in [-0.25, -0.2) is 0 Å². The van der Waals surface area contributed by atoms with Crippen molar-refractivity contribution in [1.82, 2.24) is 0 Å². The molecule has 2 N–H and O–H groups in total. The van der Waals surface area contributed by atoms with Crippen LogP contribution in [0.1, 0.15) is 25.7 Å². The Balaban J connectivity index is 2.95. The summed E-state index contributed by atoms with van der Waals surface area (Å²) in [6.07, 6.45) is 4.74. The summed E-state index contributed by atoms with van der Waals surface area (Å²) in [5.41, 5.74) is 0. The van der Waals surface area contributed by atoms with Crippen LogP contribution < -0.4 is 0 Å². The summed E-state index contributed by atoms with van der Waals surface area (Å²) in [6, 6.07) is 0. The van der Waals surface area contributed by atoms with E-state index in [1.165, 1.54) is 0 Å². The molecule has 0 aromatic carbocycles. The quantitative estimate of drug-likeness (QED) is 0.432. The summed E-state index contributed by atoms with van der Waals surface area (Å²) >= 11 is 0. The van der Waals surface area contributed by atoms with Gasteiger partial charge in [0.25, 0.3) is 0 Å². The Labute approximate surface area is 62.2 Å². The van der Waals surface area contributed by atoms with Gasteiger partial charge in [-0.3, -0.25) is 0 Å². The lowest BCUT2D eigenvalue weighted by Crippen LogP contribution is -2.00. The van der Waals surface area contributed by atoms with E-state index in [1.807, 2.05) is 0 Å². The molecule has 0 rings (SSSR count). The van der Waals surface area contributed by atoms with Gasteiger partial charge in [0.05, 0.1) is 6.10 Å². The lowest BCUT2D eigenvalue weighted by molar-refractivity contribution is 0.205. The second-order valence-electron chi connectivity index (χ2n) is 2.38. The highest BCUT2D eigenvalue weighted by Gasteiger charge is 1.95. The molecule has 1 unspecified atom stereocenters. The van der Waals surface area contributed by atoms with Crippen molar-refractivity contribution in [2.75, 3.05) is 6.61 Å². The zero-order chi connectivity index (χ0) is 7.82. The second-order valence-corrected chi connectivity index (χ2v) is 2.38. The molecular formula is C8H16O2. The third-order valence-corrected chi connectivity index (χ3v) is 1.43. The average molecular weight is 144 g/mol. The molecule has 0 radical (unpaired) electrons. The number of unbranched alkanes of at least 4 members (excludes halogenated alkanes) is 2. The molecule has 0 fully saturated rings. The van der Waals surface area contributed by atoms with Gasteiger partial charge >= 0.3 is 0 Å². The van der Waals surface area contributed by atoms with E-state index in [2.05, 4.69) is 6.58 Å². The fraction of sp³-hybridized carbons (Fsp3) is 0.750. The van der Waals surface area contributed by atoms with Gasteiger partial charge in [-0.05, 0) is 12.8 Å². The van der Waals surface area contributed by atoms with Gasteiger partial charge in [-0.1, -0.05) is 18.9 Å². The number of aliphatic hydroxyl groups is 2. The van der Waals surface area contributed by atoms with Crippen LogP contribution in [0.5, 0.6) is 0 Å². The summed E-state index contributed by atoms with van der Waals surface area (Å²) < 4.78 is 0. The molecule has 10 heavy (non-hydrogen) atoms. The van der Waals surface area contributed by atoms with E-state index < -0.39 is 0 Å². The SMILES string of the molecule is C=CC(O)CCCCCO. The molecule has 0 saturated carbocycles. The Morgan fingerprint density at radius 3 is 2.50 bits per heavy atom. The third-order valence-electron chi connectivity index (χ3n) is 1.43. The molecule has 2 nitrogen and oxygen atoms in total. The van der Waals surface area contributed by atoms with Crippen LogP contribution in [0, 0.1) is 0 Å². The fourth-order valence-corrected chi connectivity index (χ4v) is 0.760. The normalized spacial score (nSPS) is 13.0. The maximum Gasteiger partial charge on any atom is 0.0718 e. The van der Waals surface area contributed by atoms with Crippen LogP contribution in [0.25, 0.3) is 0 Å². The van der Waals surface area contributed by atoms with Crippen LogP contribution in [-0.2, 0) is 0 Å². The van der Waals surface area contributed by atoms with Crippen LogP contribution in [0.15, 0.2) is 12.7 Å². The Kier molecular flexibility index (Phi) is 6.55. The predicted octanol–water partition coefficient (Wildman–Crippen LogP) is 1.09. The van der Waals surface area contributed by atoms with E-state index in [9.17, 15) is 0 Å². The summed E-state index contributed by atoms with van der Waals surface area (Å²) in [5.74, 6) is 0. The van der Waals surface area contributed by atoms with Crippen LogP contribution in [0.2, 0.25) is 0 Å². The number of aliphatic hydroxyl groups excluding tert-OH is 2. The summed E-state index contributed by atoms with van der Waals surface area (Å²) in [6.45, 7) is 3.71. The van der Waals surface area contributed by atoms with Crippen molar-refractivity contribution in [2.45, 2.75) is 31.8 Å². The van der Waals surface area contributed by atoms with Crippen molar-refractivity contribution in [3.05, 3.63) is 12.7 Å². The van der Waals surface area contributed by atoms with Crippen molar-refractivity contribution in [2.24, 2.45) is 0 Å². The first-order valence-corrected chi connectivity index (χ1v) is 3.72. The van der Waals surface area contributed by atoms with E-state index in [0.717, 1.165) is 25.7 Å². The lowest BCUT2D eigenvalue weighted by atomic mass is 10.1. The summed E-state index contributed by atoms with van der Waals surface area (Å²) in [7, 11) is 0. The van der Waals surface area contributed by atoms with E-state index in [0.29, 0.717) is 0 Å². The molecule has 0 saturated heterocycles. The van der Waals surface area contributed by atoms with Crippen molar-refractivity contribution < 1.29 is 10.2 Å². The van der Waals surface area contributed by atoms with Gasteiger partial charge < -0.3 is 10.2 Å². The smallest absolute Gasteiger partial charge is 0.0718 e. The van der Waals surface area contributed by atoms with E-state index in [-0.39, 0.29) is 12.7 Å². The molecule has 0 amide bonds. The number of rotatable bonds is 6. The van der Waals surface area contributed by atoms with Crippen molar-refractivity contribution in [1.29, 1.82) is 0 Å². The maximum atomic E-state index is 8.98. The van der Waals surface area contributed by atoms with Crippen molar-refractivity contribution >= 4 is 0 Å². The molecule has 0 spiro atoms. The Bertz CT molecular complexity index is 81.3. The van der Waals surface area contributed by atoms with Crippen molar-refractivity contribution in [3.63, 3.8) is 0 Å². The first-order chi connectivity index (χ1) is 4.81. The van der Waals surface area contributed by atoms with Gasteiger partial charge in [0.1, 0.15) is 0 Å². The molecule has 0 aliphatic heterocycles. The van der Waals surface area contributed by atoms with Gasteiger partial charge in [-0.15, -0.1) is 6.58 Å². The molecule has 0 heterocycles. The number of hydrogen-bond acceptors (Lipinski definition) is 2. The second kappa shape index (κ2) is 6.78. The molecular weight excluding hydrogens is 128 g/mol. The Morgan fingerprint density at radius 2 is 2.00 bits per heavy atom. The first kappa shape index (κ1) is 9.66. The predicted molar refractivity (Wildman–Crippen MR) is 41.8 cm³/mol. The molecule has 0 bridgehead atoms. The van der Waals surface area contributed by atoms with Gasteiger partial charge in [0.2, 0.25) is 0 Å². The van der Waals surface area contributed by atoms with Crippen LogP contribution in [0.4, 0.5) is 0 Å². The van der Waals surface area contributed by atoms with Crippen LogP contribution in [-0.4, -0.2) is 22.9 Å². The van der Waals surface area contributed by atoms with Crippen LogP contribution >= 0.6 is 0 Å². The summed E-state index contributed by atoms with van der Waals surface area (Å²) in [5, 5.41) is 17.4. The largest absolute Gasteiger partial charge is 0.396 e. The van der Waals surface area contributed by atoms with E-state index >= 15 is 0 Å². The molecule has 60 valence electrons. The molecule has 1 atom stereocenters. The van der Waals surface area contributed by atoms with Crippen LogP contribution in [0.3, 0.4) is 0 Å². The highest BCUT2D eigenvalue weighted by atomic mass is 16.3. The topological polar surface area (TPSA) is 40.5 Å². The minimum Gasteiger partial charge on any atom is -0.396 e. The Morgan fingerprint density at radius 1 is 1.30 bits per heavy atom. The highest BCUT2D eigenvalue weighted by Crippen LogP contribution is 2.03. The first-order valence-electron chi connectivity index (χ1n) is 3.72. The molecule has 0 aromatic rings. The minimum absolute atomic E-state index is 0.254. The molecule has 2 heteroatoms. The maximum absolute atomic E-state index is 8.98. The summed E-state index contributed by atoms with van der Waals surface area (Å²) in [4.78, 5) is 0. The minimum atomic E-state index is -0.362. The molecule has 0 aliphatic carbocycles. The zero-order valence-corrected chi connectivity index (χ0v) is 6.29. The third kappa shape index (κ3) is 5.79. The van der Waals surface area contributed by atoms with Gasteiger partial charge in [0, 0.05) is 6.61 Å². The fourth-order valence-electron chi connectivity index (χ4n) is 0.760. The van der Waals surface area contributed by atoms with E-state index in [1.54, 1.807) is 6.08 Å². The Hall–Kier alpha value is -0.340. The van der Waals surface area contributed by atoms with Gasteiger partial charge in [0.15, 0.2) is 0 Å². The average Bonchev–Trinajstić information content (AvgIpc) is 1.98. The van der Waals surface area contributed by atoms with Gasteiger partial charge in [-0.2, -0.15) is 0 Å². The highest BCUT2D eigenvalue weighted by molar-refractivity contribution is 4.77. The van der Waals surface area contributed by atoms with Crippen molar-refractivity contribution in [3.8, 4) is 0 Å². The lowest BCUT2D eigenvalue weighted by Gasteiger charge is -2.02. The monoisotopic (exact) mass is 144 g/mol. The standard InChI is InChI=1S/C8H16O2/c1-2-8(10)6-4-3-5-7-9/h2,8-10H,1,3-7H2. The molecule has 0 aromatic heterocycles. The number of hydrogen-bond donors (Lipinski definition) is 2. The van der Waals surface area contributed by atoms with E-state index in [4.69, 9.17) is 10.2 Å². The zero-order valence-electron chi connectivity index (χ0n) is 6.29.